The molecule has 2 aliphatic rings. The lowest BCUT2D eigenvalue weighted by Crippen LogP contribution is -2.38. The van der Waals surface area contributed by atoms with Crippen molar-refractivity contribution in [3.05, 3.63) is 35.4 Å². The third-order valence-corrected chi connectivity index (χ3v) is 5.17. The molecule has 0 radical (unpaired) electrons. The number of halogens is 2. The number of likely N-dealkylation sites (N-methyl/N-ethyl adjacent to an activating group) is 1. The van der Waals surface area contributed by atoms with Crippen LogP contribution in [0.4, 0.5) is 8.78 Å². The number of fused-ring (bicyclic) bond motifs is 2. The normalized spacial score (nSPS) is 30.8. The van der Waals surface area contributed by atoms with Gasteiger partial charge in [-0.15, -0.1) is 0 Å². The van der Waals surface area contributed by atoms with Crippen molar-refractivity contribution in [1.82, 2.24) is 5.32 Å². The van der Waals surface area contributed by atoms with Gasteiger partial charge in [-0.2, -0.15) is 0 Å². The Bertz CT molecular complexity index is 440. The van der Waals surface area contributed by atoms with Gasteiger partial charge >= 0.3 is 0 Å². The quantitative estimate of drug-likeness (QED) is 0.878. The molecule has 0 heterocycles. The molecule has 2 aliphatic carbocycles. The van der Waals surface area contributed by atoms with Gasteiger partial charge in [0.05, 0.1) is 0 Å². The third-order valence-electron chi connectivity index (χ3n) is 5.17. The van der Waals surface area contributed by atoms with Crippen LogP contribution >= 0.6 is 0 Å². The number of hydrogen-bond donors (Lipinski definition) is 1. The molecule has 104 valence electrons. The summed E-state index contributed by atoms with van der Waals surface area (Å²) in [5, 5.41) is 3.30. The first-order valence-corrected chi connectivity index (χ1v) is 7.29. The van der Waals surface area contributed by atoms with Crippen LogP contribution in [0.2, 0.25) is 0 Å². The zero-order chi connectivity index (χ0) is 13.4. The summed E-state index contributed by atoms with van der Waals surface area (Å²) in [6.07, 6.45) is 5.66. The van der Waals surface area contributed by atoms with Crippen molar-refractivity contribution in [3.63, 3.8) is 0 Å². The van der Waals surface area contributed by atoms with E-state index in [4.69, 9.17) is 0 Å². The van der Waals surface area contributed by atoms with E-state index in [1.165, 1.54) is 43.9 Å². The highest BCUT2D eigenvalue weighted by atomic mass is 19.1. The van der Waals surface area contributed by atoms with Crippen molar-refractivity contribution in [1.29, 1.82) is 0 Å². The number of nitrogens with one attached hydrogen (secondary N) is 1. The van der Waals surface area contributed by atoms with Crippen LogP contribution in [-0.2, 0) is 6.42 Å². The lowest BCUT2D eigenvalue weighted by Gasteiger charge is -2.30. The van der Waals surface area contributed by atoms with Gasteiger partial charge in [-0.05, 0) is 62.6 Å². The molecule has 4 unspecified atom stereocenters. The molecule has 0 aliphatic heterocycles. The second kappa shape index (κ2) is 5.20. The molecule has 1 N–H and O–H groups in total. The predicted octanol–water partition coefficient (Wildman–Crippen LogP) is 3.53. The van der Waals surface area contributed by atoms with Crippen LogP contribution in [-0.4, -0.2) is 13.1 Å². The summed E-state index contributed by atoms with van der Waals surface area (Å²) in [6.45, 7) is 0. The van der Waals surface area contributed by atoms with Crippen molar-refractivity contribution in [2.24, 2.45) is 17.8 Å². The Hall–Kier alpha value is -0.960. The lowest BCUT2D eigenvalue weighted by atomic mass is 9.81. The maximum absolute atomic E-state index is 13.8. The van der Waals surface area contributed by atoms with Crippen molar-refractivity contribution in [2.45, 2.75) is 38.1 Å². The number of rotatable bonds is 4. The molecule has 0 saturated heterocycles. The Morgan fingerprint density at radius 1 is 1.21 bits per heavy atom. The minimum Gasteiger partial charge on any atom is -0.316 e. The van der Waals surface area contributed by atoms with Gasteiger partial charge in [-0.25, -0.2) is 8.78 Å². The molecule has 0 spiro atoms. The summed E-state index contributed by atoms with van der Waals surface area (Å²) in [5.74, 6) is 1.38. The van der Waals surface area contributed by atoms with Crippen LogP contribution < -0.4 is 5.32 Å². The molecule has 19 heavy (non-hydrogen) atoms. The molecule has 2 fully saturated rings. The zero-order valence-electron chi connectivity index (χ0n) is 11.3. The van der Waals surface area contributed by atoms with E-state index in [0.29, 0.717) is 12.3 Å². The smallest absolute Gasteiger partial charge is 0.129 e. The van der Waals surface area contributed by atoms with E-state index in [1.807, 2.05) is 7.05 Å². The Morgan fingerprint density at radius 3 is 2.47 bits per heavy atom. The van der Waals surface area contributed by atoms with Crippen LogP contribution in [0.25, 0.3) is 0 Å². The zero-order valence-corrected chi connectivity index (χ0v) is 11.3. The lowest BCUT2D eigenvalue weighted by molar-refractivity contribution is 0.253. The average Bonchev–Trinajstić information content (AvgIpc) is 3.01. The SMILES string of the molecule is CNC(Cc1c(F)cccc1F)C1CC2CCC1C2. The summed E-state index contributed by atoms with van der Waals surface area (Å²) >= 11 is 0. The van der Waals surface area contributed by atoms with Crippen LogP contribution in [0.1, 0.15) is 31.2 Å². The van der Waals surface area contributed by atoms with Crippen molar-refractivity contribution in [3.8, 4) is 0 Å². The molecule has 2 saturated carbocycles. The molecule has 1 aromatic rings. The van der Waals surface area contributed by atoms with Crippen molar-refractivity contribution >= 4 is 0 Å². The first-order chi connectivity index (χ1) is 9.19. The van der Waals surface area contributed by atoms with E-state index in [2.05, 4.69) is 5.32 Å². The molecular weight excluding hydrogens is 244 g/mol. The van der Waals surface area contributed by atoms with E-state index in [9.17, 15) is 8.78 Å². The van der Waals surface area contributed by atoms with E-state index in [-0.39, 0.29) is 11.6 Å². The summed E-state index contributed by atoms with van der Waals surface area (Å²) in [6, 6.07) is 4.33. The van der Waals surface area contributed by atoms with Crippen LogP contribution in [0, 0.1) is 29.4 Å². The molecule has 3 rings (SSSR count). The van der Waals surface area contributed by atoms with Crippen LogP contribution in [0.3, 0.4) is 0 Å². The standard InChI is InChI=1S/C16H21F2N/c1-19-16(12-8-10-5-6-11(12)7-10)9-13-14(17)3-2-4-15(13)18/h2-4,10-12,16,19H,5-9H2,1H3. The van der Waals surface area contributed by atoms with Crippen molar-refractivity contribution < 1.29 is 8.78 Å². The Morgan fingerprint density at radius 2 is 1.95 bits per heavy atom. The van der Waals surface area contributed by atoms with Crippen LogP contribution in [0.15, 0.2) is 18.2 Å². The van der Waals surface area contributed by atoms with Gasteiger partial charge in [0, 0.05) is 11.6 Å². The Balaban J connectivity index is 1.77. The summed E-state index contributed by atoms with van der Waals surface area (Å²) in [5.41, 5.74) is 0.240. The van der Waals surface area contributed by atoms with E-state index in [0.717, 1.165) is 11.8 Å². The minimum absolute atomic E-state index is 0.196. The first kappa shape index (κ1) is 13.0. The number of benzene rings is 1. The summed E-state index contributed by atoms with van der Waals surface area (Å²) < 4.78 is 27.5. The van der Waals surface area contributed by atoms with Gasteiger partial charge in [-0.3, -0.25) is 0 Å². The first-order valence-electron chi connectivity index (χ1n) is 7.29. The maximum Gasteiger partial charge on any atom is 0.129 e. The monoisotopic (exact) mass is 265 g/mol. The largest absolute Gasteiger partial charge is 0.316 e. The maximum atomic E-state index is 13.8. The highest BCUT2D eigenvalue weighted by molar-refractivity contribution is 5.21. The fraction of sp³-hybridized carbons (Fsp3) is 0.625. The molecular formula is C16H21F2N. The third kappa shape index (κ3) is 2.40. The molecule has 1 aromatic carbocycles. The van der Waals surface area contributed by atoms with Crippen LogP contribution in [0.5, 0.6) is 0 Å². The van der Waals surface area contributed by atoms with Gasteiger partial charge in [-0.1, -0.05) is 12.5 Å². The van der Waals surface area contributed by atoms with Crippen molar-refractivity contribution in [2.75, 3.05) is 7.05 Å². The van der Waals surface area contributed by atoms with E-state index in [1.54, 1.807) is 0 Å². The Labute approximate surface area is 113 Å². The molecule has 0 aromatic heterocycles. The predicted molar refractivity (Wildman–Crippen MR) is 71.8 cm³/mol. The fourth-order valence-electron chi connectivity index (χ4n) is 4.20. The fourth-order valence-corrected chi connectivity index (χ4v) is 4.20. The molecule has 2 bridgehead atoms. The summed E-state index contributed by atoms with van der Waals surface area (Å²) in [4.78, 5) is 0. The van der Waals surface area contributed by atoms with E-state index < -0.39 is 11.6 Å². The molecule has 4 atom stereocenters. The summed E-state index contributed by atoms with van der Waals surface area (Å²) in [7, 11) is 1.91. The second-order valence-electron chi connectivity index (χ2n) is 6.14. The second-order valence-corrected chi connectivity index (χ2v) is 6.14. The minimum atomic E-state index is -0.414. The average molecular weight is 265 g/mol. The van der Waals surface area contributed by atoms with Gasteiger partial charge in [0.15, 0.2) is 0 Å². The number of hydrogen-bond acceptors (Lipinski definition) is 1. The molecule has 3 heteroatoms. The van der Waals surface area contributed by atoms with Gasteiger partial charge in [0.2, 0.25) is 0 Å². The molecule has 0 amide bonds. The van der Waals surface area contributed by atoms with Gasteiger partial charge in [0.25, 0.3) is 0 Å². The Kier molecular flexibility index (Phi) is 3.57. The van der Waals surface area contributed by atoms with E-state index >= 15 is 0 Å². The highest BCUT2D eigenvalue weighted by Gasteiger charge is 2.42. The van der Waals surface area contributed by atoms with Gasteiger partial charge in [0.1, 0.15) is 11.6 Å². The topological polar surface area (TPSA) is 12.0 Å². The van der Waals surface area contributed by atoms with Gasteiger partial charge < -0.3 is 5.32 Å². The highest BCUT2D eigenvalue weighted by Crippen LogP contribution is 2.49. The molecule has 1 nitrogen and oxygen atoms in total.